The lowest BCUT2D eigenvalue weighted by Gasteiger charge is -2.24. The van der Waals surface area contributed by atoms with Crippen molar-refractivity contribution in [1.29, 1.82) is 0 Å². The quantitative estimate of drug-likeness (QED) is 0.435. The number of rotatable bonds is 10. The van der Waals surface area contributed by atoms with Gasteiger partial charge in [-0.15, -0.1) is 11.8 Å². The molecule has 2 rings (SSSR count). The SMILES string of the molecule is CCCN(CCCC(=O)Nc1c(SC)nc(C)nc1C(C)C)c1ccccc1. The molecule has 0 saturated heterocycles. The van der Waals surface area contributed by atoms with Crippen LogP contribution in [-0.2, 0) is 4.79 Å². The van der Waals surface area contributed by atoms with Crippen molar-refractivity contribution in [1.82, 2.24) is 9.97 Å². The lowest BCUT2D eigenvalue weighted by Crippen LogP contribution is -2.26. The van der Waals surface area contributed by atoms with Gasteiger partial charge >= 0.3 is 0 Å². The Balaban J connectivity index is 2.00. The molecule has 6 heteroatoms. The number of benzene rings is 1. The number of thioether (sulfide) groups is 1. The number of anilines is 2. The molecule has 0 aliphatic carbocycles. The van der Waals surface area contributed by atoms with Gasteiger partial charge in [-0.2, -0.15) is 0 Å². The molecule has 2 aromatic rings. The van der Waals surface area contributed by atoms with Gasteiger partial charge in [-0.05, 0) is 44.1 Å². The van der Waals surface area contributed by atoms with Crippen molar-refractivity contribution in [2.45, 2.75) is 57.9 Å². The molecule has 0 aliphatic rings. The van der Waals surface area contributed by atoms with Crippen LogP contribution >= 0.6 is 11.8 Å². The van der Waals surface area contributed by atoms with E-state index in [-0.39, 0.29) is 11.8 Å². The number of hydrogen-bond acceptors (Lipinski definition) is 5. The fraction of sp³-hybridized carbons (Fsp3) is 0.500. The number of hydrogen-bond donors (Lipinski definition) is 1. The summed E-state index contributed by atoms with van der Waals surface area (Å²) >= 11 is 1.54. The number of amides is 1. The molecule has 0 saturated carbocycles. The second kappa shape index (κ2) is 11.1. The molecular formula is C22H32N4OS. The molecule has 0 atom stereocenters. The summed E-state index contributed by atoms with van der Waals surface area (Å²) in [6.45, 7) is 10.1. The normalized spacial score (nSPS) is 10.9. The molecule has 0 bridgehead atoms. The van der Waals surface area contributed by atoms with E-state index >= 15 is 0 Å². The molecule has 28 heavy (non-hydrogen) atoms. The van der Waals surface area contributed by atoms with E-state index < -0.39 is 0 Å². The molecule has 1 aromatic heterocycles. The zero-order valence-corrected chi connectivity index (χ0v) is 18.5. The van der Waals surface area contributed by atoms with Crippen LogP contribution < -0.4 is 10.2 Å². The molecule has 0 aliphatic heterocycles. The number of nitrogens with zero attached hydrogens (tertiary/aromatic N) is 3. The van der Waals surface area contributed by atoms with Gasteiger partial charge in [0.05, 0.1) is 11.4 Å². The van der Waals surface area contributed by atoms with E-state index in [1.807, 2.05) is 19.2 Å². The van der Waals surface area contributed by atoms with Crippen molar-refractivity contribution < 1.29 is 4.79 Å². The van der Waals surface area contributed by atoms with E-state index in [9.17, 15) is 4.79 Å². The van der Waals surface area contributed by atoms with Gasteiger partial charge in [0.25, 0.3) is 0 Å². The minimum absolute atomic E-state index is 0.0224. The van der Waals surface area contributed by atoms with Crippen LogP contribution in [0.2, 0.25) is 0 Å². The highest BCUT2D eigenvalue weighted by molar-refractivity contribution is 7.98. The minimum Gasteiger partial charge on any atom is -0.372 e. The Bertz CT molecular complexity index is 765. The average Bonchev–Trinajstić information content (AvgIpc) is 2.68. The van der Waals surface area contributed by atoms with Gasteiger partial charge < -0.3 is 10.2 Å². The van der Waals surface area contributed by atoms with Crippen molar-refractivity contribution in [3.05, 3.63) is 41.9 Å². The van der Waals surface area contributed by atoms with Crippen LogP contribution in [0.15, 0.2) is 35.4 Å². The first-order valence-electron chi connectivity index (χ1n) is 9.98. The maximum atomic E-state index is 12.6. The molecule has 0 radical (unpaired) electrons. The zero-order chi connectivity index (χ0) is 20.5. The maximum Gasteiger partial charge on any atom is 0.224 e. The number of para-hydroxylation sites is 1. The van der Waals surface area contributed by atoms with Crippen LogP contribution in [-0.4, -0.2) is 35.2 Å². The molecule has 0 spiro atoms. The Morgan fingerprint density at radius 1 is 1.18 bits per heavy atom. The van der Waals surface area contributed by atoms with Gasteiger partial charge in [0.15, 0.2) is 0 Å². The second-order valence-electron chi connectivity index (χ2n) is 7.17. The van der Waals surface area contributed by atoms with E-state index in [4.69, 9.17) is 0 Å². The molecule has 1 heterocycles. The number of nitrogens with one attached hydrogen (secondary N) is 1. The van der Waals surface area contributed by atoms with Gasteiger partial charge in [0.2, 0.25) is 5.91 Å². The number of aryl methyl sites for hydroxylation is 1. The van der Waals surface area contributed by atoms with E-state index in [0.29, 0.717) is 6.42 Å². The Morgan fingerprint density at radius 3 is 2.50 bits per heavy atom. The van der Waals surface area contributed by atoms with Crippen molar-refractivity contribution in [2.24, 2.45) is 0 Å². The third-order valence-electron chi connectivity index (χ3n) is 4.47. The topological polar surface area (TPSA) is 58.1 Å². The summed E-state index contributed by atoms with van der Waals surface area (Å²) in [5.74, 6) is 0.985. The van der Waals surface area contributed by atoms with Gasteiger partial charge in [-0.3, -0.25) is 4.79 Å². The van der Waals surface area contributed by atoms with Gasteiger partial charge in [0.1, 0.15) is 10.9 Å². The van der Waals surface area contributed by atoms with Crippen LogP contribution in [0.4, 0.5) is 11.4 Å². The highest BCUT2D eigenvalue weighted by Crippen LogP contribution is 2.30. The summed E-state index contributed by atoms with van der Waals surface area (Å²) in [7, 11) is 0. The Hall–Kier alpha value is -2.08. The molecule has 0 fully saturated rings. The van der Waals surface area contributed by atoms with Crippen LogP contribution in [0, 0.1) is 6.92 Å². The number of carbonyl (C=O) groups is 1. The van der Waals surface area contributed by atoms with Crippen LogP contribution in [0.1, 0.15) is 57.5 Å². The smallest absolute Gasteiger partial charge is 0.224 e. The predicted octanol–water partition coefficient (Wildman–Crippen LogP) is 5.27. The molecule has 1 N–H and O–H groups in total. The third kappa shape index (κ3) is 6.23. The van der Waals surface area contributed by atoms with Crippen LogP contribution in [0.5, 0.6) is 0 Å². The highest BCUT2D eigenvalue weighted by Gasteiger charge is 2.18. The number of aromatic nitrogens is 2. The molecule has 0 unspecified atom stereocenters. The summed E-state index contributed by atoms with van der Waals surface area (Å²) in [5, 5.41) is 3.92. The average molecular weight is 401 g/mol. The molecular weight excluding hydrogens is 368 g/mol. The Labute approximate surface area is 173 Å². The van der Waals surface area contributed by atoms with Gasteiger partial charge in [-0.1, -0.05) is 39.0 Å². The van der Waals surface area contributed by atoms with Gasteiger partial charge in [0, 0.05) is 25.2 Å². The van der Waals surface area contributed by atoms with Crippen molar-refractivity contribution in [3.63, 3.8) is 0 Å². The van der Waals surface area contributed by atoms with E-state index in [1.165, 1.54) is 5.69 Å². The lowest BCUT2D eigenvalue weighted by molar-refractivity contribution is -0.116. The molecule has 5 nitrogen and oxygen atoms in total. The van der Waals surface area contributed by atoms with Gasteiger partial charge in [-0.25, -0.2) is 9.97 Å². The molecule has 152 valence electrons. The first kappa shape index (κ1) is 22.2. The molecule has 1 amide bonds. The van der Waals surface area contributed by atoms with Crippen molar-refractivity contribution in [3.8, 4) is 0 Å². The predicted molar refractivity (Wildman–Crippen MR) is 119 cm³/mol. The summed E-state index contributed by atoms with van der Waals surface area (Å²) in [5.41, 5.74) is 2.89. The lowest BCUT2D eigenvalue weighted by atomic mass is 10.1. The minimum atomic E-state index is 0.0224. The van der Waals surface area contributed by atoms with E-state index in [1.54, 1.807) is 11.8 Å². The maximum absolute atomic E-state index is 12.6. The van der Waals surface area contributed by atoms with Crippen LogP contribution in [0.25, 0.3) is 0 Å². The standard InChI is InChI=1S/C22H32N4OS/c1-6-14-26(18-11-8-7-9-12-18)15-10-13-19(27)25-21-20(16(2)3)23-17(4)24-22(21)28-5/h7-9,11-12,16H,6,10,13-15H2,1-5H3,(H,25,27). The largest absolute Gasteiger partial charge is 0.372 e. The third-order valence-corrected chi connectivity index (χ3v) is 5.15. The highest BCUT2D eigenvalue weighted by atomic mass is 32.2. The van der Waals surface area contributed by atoms with Crippen LogP contribution in [0.3, 0.4) is 0 Å². The van der Waals surface area contributed by atoms with E-state index in [0.717, 1.165) is 48.2 Å². The fourth-order valence-electron chi connectivity index (χ4n) is 3.16. The monoisotopic (exact) mass is 400 g/mol. The Kier molecular flexibility index (Phi) is 8.77. The molecule has 1 aromatic carbocycles. The van der Waals surface area contributed by atoms with E-state index in [2.05, 4.69) is 65.2 Å². The first-order chi connectivity index (χ1) is 13.5. The Morgan fingerprint density at radius 2 is 1.89 bits per heavy atom. The second-order valence-corrected chi connectivity index (χ2v) is 7.96. The zero-order valence-electron chi connectivity index (χ0n) is 17.7. The van der Waals surface area contributed by atoms with Crippen molar-refractivity contribution in [2.75, 3.05) is 29.6 Å². The summed E-state index contributed by atoms with van der Waals surface area (Å²) in [6.07, 6.45) is 4.34. The summed E-state index contributed by atoms with van der Waals surface area (Å²) < 4.78 is 0. The first-order valence-corrected chi connectivity index (χ1v) is 11.2. The fourth-order valence-corrected chi connectivity index (χ4v) is 3.74. The summed E-state index contributed by atoms with van der Waals surface area (Å²) in [6, 6.07) is 10.4. The van der Waals surface area contributed by atoms with Crippen molar-refractivity contribution >= 4 is 29.0 Å². The number of carbonyl (C=O) groups excluding carboxylic acids is 1. The summed E-state index contributed by atoms with van der Waals surface area (Å²) in [4.78, 5) is 24.0.